The van der Waals surface area contributed by atoms with Crippen molar-refractivity contribution in [1.29, 1.82) is 0 Å². The van der Waals surface area contributed by atoms with Gasteiger partial charge < -0.3 is 10.5 Å². The van der Waals surface area contributed by atoms with Crippen molar-refractivity contribution in [2.45, 2.75) is 13.3 Å². The SMILES string of the molecule is CC/C(N)=C/C(=O)Oc1ccccc1. The van der Waals surface area contributed by atoms with Gasteiger partial charge >= 0.3 is 5.97 Å². The summed E-state index contributed by atoms with van der Waals surface area (Å²) in [5.74, 6) is 0.0909. The minimum Gasteiger partial charge on any atom is -0.423 e. The van der Waals surface area contributed by atoms with Crippen LogP contribution in [0, 0.1) is 0 Å². The predicted octanol–water partition coefficient (Wildman–Crippen LogP) is 1.84. The van der Waals surface area contributed by atoms with Gasteiger partial charge in [-0.15, -0.1) is 0 Å². The topological polar surface area (TPSA) is 52.3 Å². The van der Waals surface area contributed by atoms with Crippen molar-refractivity contribution in [2.75, 3.05) is 0 Å². The first-order chi connectivity index (χ1) is 6.72. The quantitative estimate of drug-likeness (QED) is 0.450. The first-order valence-corrected chi connectivity index (χ1v) is 4.45. The van der Waals surface area contributed by atoms with E-state index in [0.717, 1.165) is 0 Å². The number of allylic oxidation sites excluding steroid dienone is 1. The van der Waals surface area contributed by atoms with Crippen molar-refractivity contribution in [1.82, 2.24) is 0 Å². The van der Waals surface area contributed by atoms with Crippen LogP contribution in [0.5, 0.6) is 5.75 Å². The van der Waals surface area contributed by atoms with Gasteiger partial charge in [0, 0.05) is 11.8 Å². The Labute approximate surface area is 83.2 Å². The fraction of sp³-hybridized carbons (Fsp3) is 0.182. The van der Waals surface area contributed by atoms with Crippen LogP contribution < -0.4 is 10.5 Å². The highest BCUT2D eigenvalue weighted by molar-refractivity contribution is 5.84. The average molecular weight is 191 g/mol. The number of rotatable bonds is 3. The summed E-state index contributed by atoms with van der Waals surface area (Å²) in [6.45, 7) is 1.88. The Bertz CT molecular complexity index is 330. The third-order valence-corrected chi connectivity index (χ3v) is 1.67. The molecule has 3 nitrogen and oxygen atoms in total. The van der Waals surface area contributed by atoms with E-state index in [2.05, 4.69) is 0 Å². The number of carbonyl (C=O) groups is 1. The molecule has 0 bridgehead atoms. The van der Waals surface area contributed by atoms with Crippen LogP contribution in [0.1, 0.15) is 13.3 Å². The second-order valence-electron chi connectivity index (χ2n) is 2.81. The number of hydrogen-bond acceptors (Lipinski definition) is 3. The number of esters is 1. The molecule has 1 rings (SSSR count). The van der Waals surface area contributed by atoms with Crippen molar-refractivity contribution < 1.29 is 9.53 Å². The van der Waals surface area contributed by atoms with Gasteiger partial charge in [0.05, 0.1) is 0 Å². The molecule has 0 aliphatic rings. The first kappa shape index (κ1) is 10.3. The normalized spacial score (nSPS) is 11.1. The van der Waals surface area contributed by atoms with E-state index >= 15 is 0 Å². The number of carbonyl (C=O) groups excluding carboxylic acids is 1. The lowest BCUT2D eigenvalue weighted by Crippen LogP contribution is -2.07. The Morgan fingerprint density at radius 2 is 2.07 bits per heavy atom. The number of nitrogens with two attached hydrogens (primary N) is 1. The minimum atomic E-state index is -0.435. The zero-order valence-electron chi connectivity index (χ0n) is 8.07. The zero-order valence-corrected chi connectivity index (χ0v) is 8.07. The molecule has 0 saturated carbocycles. The van der Waals surface area contributed by atoms with Gasteiger partial charge in [-0.1, -0.05) is 25.1 Å². The Kier molecular flexibility index (Phi) is 3.73. The number of para-hydroxylation sites is 1. The molecule has 0 unspecified atom stereocenters. The van der Waals surface area contributed by atoms with Crippen LogP contribution in [-0.2, 0) is 4.79 Å². The summed E-state index contributed by atoms with van der Waals surface area (Å²) in [6, 6.07) is 8.89. The van der Waals surface area contributed by atoms with Gasteiger partial charge in [0.25, 0.3) is 0 Å². The van der Waals surface area contributed by atoms with Crippen molar-refractivity contribution in [3.05, 3.63) is 42.1 Å². The van der Waals surface area contributed by atoms with Crippen LogP contribution >= 0.6 is 0 Å². The molecule has 0 fully saturated rings. The molecule has 0 saturated heterocycles. The van der Waals surface area contributed by atoms with E-state index in [1.807, 2.05) is 13.0 Å². The van der Waals surface area contributed by atoms with E-state index in [9.17, 15) is 4.79 Å². The van der Waals surface area contributed by atoms with E-state index in [-0.39, 0.29) is 0 Å². The lowest BCUT2D eigenvalue weighted by atomic mass is 10.3. The van der Waals surface area contributed by atoms with E-state index in [4.69, 9.17) is 10.5 Å². The number of ether oxygens (including phenoxy) is 1. The van der Waals surface area contributed by atoms with E-state index in [0.29, 0.717) is 17.9 Å². The molecule has 0 aromatic heterocycles. The molecule has 1 aromatic carbocycles. The van der Waals surface area contributed by atoms with Crippen molar-refractivity contribution in [3.8, 4) is 5.75 Å². The highest BCUT2D eigenvalue weighted by atomic mass is 16.5. The molecular formula is C11H13NO2. The molecule has 0 atom stereocenters. The lowest BCUT2D eigenvalue weighted by Gasteiger charge is -2.00. The maximum atomic E-state index is 11.2. The third-order valence-electron chi connectivity index (χ3n) is 1.67. The molecule has 3 heteroatoms. The molecule has 0 aliphatic carbocycles. The van der Waals surface area contributed by atoms with Crippen molar-refractivity contribution >= 4 is 5.97 Å². The molecular weight excluding hydrogens is 178 g/mol. The van der Waals surface area contributed by atoms with Gasteiger partial charge in [-0.05, 0) is 18.6 Å². The summed E-state index contributed by atoms with van der Waals surface area (Å²) in [5, 5.41) is 0. The third kappa shape index (κ3) is 3.31. The summed E-state index contributed by atoms with van der Waals surface area (Å²) >= 11 is 0. The molecule has 0 amide bonds. The fourth-order valence-electron chi connectivity index (χ4n) is 0.888. The van der Waals surface area contributed by atoms with Gasteiger partial charge in [0.15, 0.2) is 0 Å². The zero-order chi connectivity index (χ0) is 10.4. The standard InChI is InChI=1S/C11H13NO2/c1-2-9(12)8-11(13)14-10-6-4-3-5-7-10/h3-8H,2,12H2,1H3/b9-8-. The van der Waals surface area contributed by atoms with Gasteiger partial charge in [0.1, 0.15) is 5.75 Å². The molecule has 14 heavy (non-hydrogen) atoms. The Morgan fingerprint density at radius 3 is 2.64 bits per heavy atom. The Hall–Kier alpha value is -1.77. The van der Waals surface area contributed by atoms with Crippen LogP contribution in [0.3, 0.4) is 0 Å². The molecule has 1 aromatic rings. The molecule has 2 N–H and O–H groups in total. The number of hydrogen-bond donors (Lipinski definition) is 1. The molecule has 0 heterocycles. The van der Waals surface area contributed by atoms with Crippen LogP contribution in [0.15, 0.2) is 42.1 Å². The first-order valence-electron chi connectivity index (χ1n) is 4.45. The van der Waals surface area contributed by atoms with Gasteiger partial charge in [-0.3, -0.25) is 0 Å². The second-order valence-corrected chi connectivity index (χ2v) is 2.81. The summed E-state index contributed by atoms with van der Waals surface area (Å²) in [4.78, 5) is 11.2. The number of benzene rings is 1. The van der Waals surface area contributed by atoms with Crippen LogP contribution in [0.25, 0.3) is 0 Å². The van der Waals surface area contributed by atoms with Gasteiger partial charge in [-0.25, -0.2) is 4.79 Å². The van der Waals surface area contributed by atoms with E-state index in [1.54, 1.807) is 24.3 Å². The second kappa shape index (κ2) is 5.07. The minimum absolute atomic E-state index is 0.435. The predicted molar refractivity (Wildman–Crippen MR) is 54.6 cm³/mol. The Morgan fingerprint density at radius 1 is 1.43 bits per heavy atom. The maximum Gasteiger partial charge on any atom is 0.337 e. The maximum absolute atomic E-state index is 11.2. The molecule has 0 aliphatic heterocycles. The van der Waals surface area contributed by atoms with Crippen LogP contribution in [0.4, 0.5) is 0 Å². The molecule has 0 radical (unpaired) electrons. The summed E-state index contributed by atoms with van der Waals surface area (Å²) in [7, 11) is 0. The lowest BCUT2D eigenvalue weighted by molar-refractivity contribution is -0.129. The summed E-state index contributed by atoms with van der Waals surface area (Å²) < 4.78 is 4.99. The van der Waals surface area contributed by atoms with E-state index in [1.165, 1.54) is 6.08 Å². The van der Waals surface area contributed by atoms with Crippen molar-refractivity contribution in [2.24, 2.45) is 5.73 Å². The van der Waals surface area contributed by atoms with Gasteiger partial charge in [0.2, 0.25) is 0 Å². The highest BCUT2D eigenvalue weighted by Gasteiger charge is 2.00. The van der Waals surface area contributed by atoms with Crippen LogP contribution in [0.2, 0.25) is 0 Å². The summed E-state index contributed by atoms with van der Waals surface area (Å²) in [6.07, 6.45) is 1.94. The Balaban J connectivity index is 2.58. The smallest absolute Gasteiger partial charge is 0.337 e. The average Bonchev–Trinajstić information content (AvgIpc) is 2.19. The fourth-order valence-corrected chi connectivity index (χ4v) is 0.888. The summed E-state index contributed by atoms with van der Waals surface area (Å²) in [5.41, 5.74) is 6.01. The molecule has 74 valence electrons. The highest BCUT2D eigenvalue weighted by Crippen LogP contribution is 2.08. The van der Waals surface area contributed by atoms with Crippen LogP contribution in [-0.4, -0.2) is 5.97 Å². The molecule has 0 spiro atoms. The monoisotopic (exact) mass is 191 g/mol. The van der Waals surface area contributed by atoms with E-state index < -0.39 is 5.97 Å². The van der Waals surface area contributed by atoms with Gasteiger partial charge in [-0.2, -0.15) is 0 Å². The largest absolute Gasteiger partial charge is 0.423 e. The van der Waals surface area contributed by atoms with Crippen molar-refractivity contribution in [3.63, 3.8) is 0 Å².